The van der Waals surface area contributed by atoms with Crippen LogP contribution in [0.15, 0.2) is 33.5 Å². The van der Waals surface area contributed by atoms with E-state index in [1.165, 1.54) is 6.92 Å². The first-order valence-corrected chi connectivity index (χ1v) is 9.64. The Hall–Kier alpha value is -3.71. The zero-order valence-electron chi connectivity index (χ0n) is 16.9. The minimum Gasteiger partial charge on any atom is -0.508 e. The van der Waals surface area contributed by atoms with Crippen molar-refractivity contribution >= 4 is 11.0 Å². The molecule has 0 spiro atoms. The van der Waals surface area contributed by atoms with Crippen molar-refractivity contribution in [2.24, 2.45) is 0 Å². The minimum atomic E-state index is -1.77. The molecule has 8 N–H and O–H groups in total. The minimum absolute atomic E-state index is 0.154. The number of aromatic hydroxyl groups is 5. The molecule has 1 aromatic heterocycles. The van der Waals surface area contributed by atoms with E-state index in [9.17, 15) is 45.6 Å². The molecule has 12 nitrogen and oxygen atoms in total. The fourth-order valence-electron chi connectivity index (χ4n) is 3.62. The van der Waals surface area contributed by atoms with Gasteiger partial charge in [0.1, 0.15) is 34.7 Å². The summed E-state index contributed by atoms with van der Waals surface area (Å²) < 4.78 is 16.4. The Labute approximate surface area is 184 Å². The van der Waals surface area contributed by atoms with Gasteiger partial charge in [0.05, 0.1) is 6.10 Å². The first kappa shape index (κ1) is 22.5. The predicted octanol–water partition coefficient (Wildman–Crippen LogP) is 0.194. The van der Waals surface area contributed by atoms with Gasteiger partial charge in [0.2, 0.25) is 11.2 Å². The van der Waals surface area contributed by atoms with Crippen molar-refractivity contribution in [1.29, 1.82) is 0 Å². The molecule has 0 saturated carbocycles. The van der Waals surface area contributed by atoms with Crippen LogP contribution < -0.4 is 10.2 Å². The van der Waals surface area contributed by atoms with Crippen molar-refractivity contribution < 1.29 is 54.7 Å². The van der Waals surface area contributed by atoms with Crippen LogP contribution in [0.2, 0.25) is 0 Å². The summed E-state index contributed by atoms with van der Waals surface area (Å²) >= 11 is 0. The highest BCUT2D eigenvalue weighted by molar-refractivity contribution is 5.88. The Bertz CT molecular complexity index is 1260. The number of aliphatic hydroxyl groups is 3. The first-order valence-electron chi connectivity index (χ1n) is 9.64. The molecule has 0 unspecified atom stereocenters. The SMILES string of the molecule is C[C@@H]1O[C@@H](O)[C@H](O)[C@H](O)[C@H]1Oc1c(-c2cc(O)c(O)c(O)c2)oc2cc(O)cc(O)c2c1=O. The monoisotopic (exact) mass is 464 g/mol. The van der Waals surface area contributed by atoms with Crippen LogP contribution in [0.25, 0.3) is 22.3 Å². The Balaban J connectivity index is 1.97. The van der Waals surface area contributed by atoms with Gasteiger partial charge in [-0.25, -0.2) is 0 Å². The van der Waals surface area contributed by atoms with E-state index in [2.05, 4.69) is 0 Å². The van der Waals surface area contributed by atoms with E-state index in [4.69, 9.17) is 13.9 Å². The number of rotatable bonds is 3. The highest BCUT2D eigenvalue weighted by atomic mass is 16.6. The van der Waals surface area contributed by atoms with E-state index in [-0.39, 0.29) is 11.1 Å². The third-order valence-electron chi connectivity index (χ3n) is 5.30. The second-order valence-electron chi connectivity index (χ2n) is 7.59. The second kappa shape index (κ2) is 8.01. The lowest BCUT2D eigenvalue weighted by Gasteiger charge is -2.39. The van der Waals surface area contributed by atoms with E-state index in [1.54, 1.807) is 0 Å². The van der Waals surface area contributed by atoms with Crippen molar-refractivity contribution in [3.63, 3.8) is 0 Å². The Morgan fingerprint density at radius 2 is 1.52 bits per heavy atom. The largest absolute Gasteiger partial charge is 0.508 e. The van der Waals surface area contributed by atoms with Crippen LogP contribution >= 0.6 is 0 Å². The molecule has 0 amide bonds. The van der Waals surface area contributed by atoms with E-state index in [0.29, 0.717) is 0 Å². The molecule has 33 heavy (non-hydrogen) atoms. The lowest BCUT2D eigenvalue weighted by molar-refractivity contribution is -0.273. The van der Waals surface area contributed by atoms with Gasteiger partial charge >= 0.3 is 0 Å². The predicted molar refractivity (Wildman–Crippen MR) is 109 cm³/mol. The van der Waals surface area contributed by atoms with E-state index >= 15 is 0 Å². The number of fused-ring (bicyclic) bond motifs is 1. The van der Waals surface area contributed by atoms with Crippen molar-refractivity contribution in [3.8, 4) is 45.8 Å². The Kier molecular flexibility index (Phi) is 5.46. The maximum atomic E-state index is 13.3. The van der Waals surface area contributed by atoms with E-state index in [1.807, 2.05) is 0 Å². The number of ether oxygens (including phenoxy) is 2. The second-order valence-corrected chi connectivity index (χ2v) is 7.59. The van der Waals surface area contributed by atoms with Gasteiger partial charge in [-0.1, -0.05) is 0 Å². The normalized spacial score (nSPS) is 25.3. The summed E-state index contributed by atoms with van der Waals surface area (Å²) in [5.74, 6) is -4.45. The molecule has 3 aromatic rings. The lowest BCUT2D eigenvalue weighted by Crippen LogP contribution is -2.58. The maximum Gasteiger partial charge on any atom is 0.239 e. The smallest absolute Gasteiger partial charge is 0.239 e. The summed E-state index contributed by atoms with van der Waals surface area (Å²) in [5, 5.41) is 79.0. The third-order valence-corrected chi connectivity index (χ3v) is 5.30. The van der Waals surface area contributed by atoms with E-state index in [0.717, 1.165) is 24.3 Å². The molecule has 1 aliphatic heterocycles. The van der Waals surface area contributed by atoms with Gasteiger partial charge in [0, 0.05) is 17.7 Å². The van der Waals surface area contributed by atoms with Crippen LogP contribution in [0.4, 0.5) is 0 Å². The van der Waals surface area contributed by atoms with Crippen LogP contribution in [-0.2, 0) is 4.74 Å². The Morgan fingerprint density at radius 3 is 2.15 bits per heavy atom. The molecule has 0 bridgehead atoms. The summed E-state index contributed by atoms with van der Waals surface area (Å²) in [6, 6.07) is 3.82. The van der Waals surface area contributed by atoms with E-state index < -0.39 is 81.8 Å². The van der Waals surface area contributed by atoms with Gasteiger partial charge in [0.25, 0.3) is 0 Å². The molecule has 5 atom stereocenters. The molecular weight excluding hydrogens is 444 g/mol. The molecule has 4 rings (SSSR count). The Morgan fingerprint density at radius 1 is 0.879 bits per heavy atom. The molecule has 176 valence electrons. The van der Waals surface area contributed by atoms with Crippen LogP contribution in [0.3, 0.4) is 0 Å². The summed E-state index contributed by atoms with van der Waals surface area (Å²) in [5.41, 5.74) is -1.40. The zero-order valence-corrected chi connectivity index (χ0v) is 16.9. The molecule has 2 aromatic carbocycles. The molecule has 1 aliphatic rings. The summed E-state index contributed by atoms with van der Waals surface area (Å²) in [7, 11) is 0. The van der Waals surface area contributed by atoms with Gasteiger partial charge in [-0.3, -0.25) is 4.79 Å². The first-order chi connectivity index (χ1) is 15.5. The topological polar surface area (TPSA) is 211 Å². The maximum absolute atomic E-state index is 13.3. The highest BCUT2D eigenvalue weighted by Gasteiger charge is 2.44. The fourth-order valence-corrected chi connectivity index (χ4v) is 3.62. The number of hydrogen-bond acceptors (Lipinski definition) is 12. The average molecular weight is 464 g/mol. The highest BCUT2D eigenvalue weighted by Crippen LogP contribution is 2.43. The number of phenols is 5. The van der Waals surface area contributed by atoms with Crippen LogP contribution in [-0.4, -0.2) is 71.6 Å². The summed E-state index contributed by atoms with van der Waals surface area (Å²) in [6.45, 7) is 1.40. The van der Waals surface area contributed by atoms with Gasteiger partial charge < -0.3 is 54.7 Å². The van der Waals surface area contributed by atoms with Crippen molar-refractivity contribution in [1.82, 2.24) is 0 Å². The molecule has 12 heteroatoms. The molecular formula is C21H20O12. The van der Waals surface area contributed by atoms with Crippen LogP contribution in [0.1, 0.15) is 6.92 Å². The van der Waals surface area contributed by atoms with Gasteiger partial charge in [-0.05, 0) is 19.1 Å². The van der Waals surface area contributed by atoms with Gasteiger partial charge in [-0.15, -0.1) is 0 Å². The van der Waals surface area contributed by atoms with Crippen LogP contribution in [0, 0.1) is 0 Å². The number of hydrogen-bond donors (Lipinski definition) is 8. The molecule has 1 fully saturated rings. The lowest BCUT2D eigenvalue weighted by atomic mass is 9.99. The number of benzene rings is 2. The van der Waals surface area contributed by atoms with Gasteiger partial charge in [0.15, 0.2) is 35.4 Å². The van der Waals surface area contributed by atoms with Gasteiger partial charge in [-0.2, -0.15) is 0 Å². The van der Waals surface area contributed by atoms with Crippen molar-refractivity contribution in [2.45, 2.75) is 37.6 Å². The van der Waals surface area contributed by atoms with Crippen molar-refractivity contribution in [3.05, 3.63) is 34.5 Å². The summed E-state index contributed by atoms with van der Waals surface area (Å²) in [4.78, 5) is 13.3. The zero-order chi connectivity index (χ0) is 24.2. The van der Waals surface area contributed by atoms with Crippen LogP contribution in [0.5, 0.6) is 34.5 Å². The quantitative estimate of drug-likeness (QED) is 0.244. The standard InChI is InChI=1S/C21H20O12/c1-6-18(16(28)17(29)21(30)31-6)33-20-15(27)13-9(23)4-8(22)5-12(13)32-19(20)7-2-10(24)14(26)11(25)3-7/h2-6,16-18,21-26,28-30H,1H3/t6-,16-,17+,18-,21+/m0/s1. The molecule has 0 radical (unpaired) electrons. The fraction of sp³-hybridized carbons (Fsp3) is 0.286. The number of aliphatic hydroxyl groups excluding tert-OH is 3. The summed E-state index contributed by atoms with van der Waals surface area (Å²) in [6.07, 6.45) is -7.62. The molecule has 0 aliphatic carbocycles. The number of phenolic OH excluding ortho intramolecular Hbond substituents is 5. The van der Waals surface area contributed by atoms with Crippen molar-refractivity contribution in [2.75, 3.05) is 0 Å². The third kappa shape index (κ3) is 3.74. The molecule has 1 saturated heterocycles. The molecule has 2 heterocycles. The average Bonchev–Trinajstić information content (AvgIpc) is 2.73.